The molecule has 7 nitrogen and oxygen atoms in total. The molecule has 31 heavy (non-hydrogen) atoms. The molecule has 0 unspecified atom stereocenters. The molecule has 0 radical (unpaired) electrons. The minimum atomic E-state index is -3.57. The zero-order valence-electron chi connectivity index (χ0n) is 16.6. The Kier molecular flexibility index (Phi) is 6.08. The van der Waals surface area contributed by atoms with Crippen LogP contribution in [0.4, 0.5) is 10.2 Å². The molecule has 0 aliphatic carbocycles. The summed E-state index contributed by atoms with van der Waals surface area (Å²) in [4.78, 5) is 10.7. The summed E-state index contributed by atoms with van der Waals surface area (Å²) in [5, 5.41) is -0.0450. The smallest absolute Gasteiger partial charge is 0.243 e. The predicted molar refractivity (Wildman–Crippen MR) is 116 cm³/mol. The molecule has 2 aromatic carbocycles. The van der Waals surface area contributed by atoms with E-state index in [2.05, 4.69) is 9.97 Å². The van der Waals surface area contributed by atoms with Gasteiger partial charge < -0.3 is 9.64 Å². The van der Waals surface area contributed by atoms with Crippen molar-refractivity contribution in [3.8, 4) is 11.6 Å². The molecular formula is C21H20ClFN4O3S. The summed E-state index contributed by atoms with van der Waals surface area (Å²) in [6.45, 7) is 3.12. The van der Waals surface area contributed by atoms with E-state index in [-0.39, 0.29) is 21.8 Å². The molecule has 1 aliphatic heterocycles. The van der Waals surface area contributed by atoms with Gasteiger partial charge in [-0.3, -0.25) is 0 Å². The second-order valence-corrected chi connectivity index (χ2v) is 9.41. The Morgan fingerprint density at radius 2 is 1.87 bits per heavy atom. The van der Waals surface area contributed by atoms with Crippen molar-refractivity contribution in [2.45, 2.75) is 17.9 Å². The van der Waals surface area contributed by atoms with Crippen molar-refractivity contribution < 1.29 is 17.5 Å². The van der Waals surface area contributed by atoms with Crippen molar-refractivity contribution in [1.82, 2.24) is 14.3 Å². The molecule has 1 fully saturated rings. The first-order valence-electron chi connectivity index (χ1n) is 9.61. The molecule has 10 heteroatoms. The Labute approximate surface area is 185 Å². The Hall–Kier alpha value is -2.75. The van der Waals surface area contributed by atoms with Gasteiger partial charge in [0.15, 0.2) is 0 Å². The van der Waals surface area contributed by atoms with Crippen LogP contribution in [0.2, 0.25) is 5.02 Å². The normalized spacial score (nSPS) is 17.5. The molecular weight excluding hydrogens is 443 g/mol. The minimum Gasteiger partial charge on any atom is -0.439 e. The molecule has 1 saturated heterocycles. The highest BCUT2D eigenvalue weighted by Gasteiger charge is 2.34. The van der Waals surface area contributed by atoms with Gasteiger partial charge in [-0.15, -0.1) is 0 Å². The van der Waals surface area contributed by atoms with Crippen LogP contribution in [-0.4, -0.2) is 48.4 Å². The van der Waals surface area contributed by atoms with Gasteiger partial charge in [0, 0.05) is 37.8 Å². The SMILES string of the molecule is C[C@@H]1CN(c2cc(Oc3ccc(F)c(Cl)c3)ncn2)CCN1S(=O)(=O)c1ccccc1. The zero-order chi connectivity index (χ0) is 22.0. The number of benzene rings is 2. The Balaban J connectivity index is 1.48. The lowest BCUT2D eigenvalue weighted by molar-refractivity contribution is 0.305. The number of halogens is 2. The van der Waals surface area contributed by atoms with Gasteiger partial charge in [0.1, 0.15) is 23.7 Å². The first-order valence-corrected chi connectivity index (χ1v) is 11.4. The van der Waals surface area contributed by atoms with Crippen LogP contribution in [0, 0.1) is 5.82 Å². The second kappa shape index (κ2) is 8.78. The molecule has 0 spiro atoms. The molecule has 1 aliphatic rings. The third kappa shape index (κ3) is 4.63. The summed E-state index contributed by atoms with van der Waals surface area (Å²) in [6.07, 6.45) is 1.37. The van der Waals surface area contributed by atoms with Crippen molar-refractivity contribution in [3.63, 3.8) is 0 Å². The van der Waals surface area contributed by atoms with E-state index < -0.39 is 15.8 Å². The van der Waals surface area contributed by atoms with E-state index in [0.717, 1.165) is 0 Å². The monoisotopic (exact) mass is 462 g/mol. The van der Waals surface area contributed by atoms with E-state index in [9.17, 15) is 12.8 Å². The fourth-order valence-corrected chi connectivity index (χ4v) is 5.26. The van der Waals surface area contributed by atoms with E-state index in [1.54, 1.807) is 36.4 Å². The van der Waals surface area contributed by atoms with Crippen LogP contribution < -0.4 is 9.64 Å². The van der Waals surface area contributed by atoms with Crippen molar-refractivity contribution in [2.75, 3.05) is 24.5 Å². The van der Waals surface area contributed by atoms with Gasteiger partial charge >= 0.3 is 0 Å². The number of aromatic nitrogens is 2. The molecule has 2 heterocycles. The maximum Gasteiger partial charge on any atom is 0.243 e. The number of ether oxygens (including phenoxy) is 1. The first-order chi connectivity index (χ1) is 14.8. The van der Waals surface area contributed by atoms with Crippen molar-refractivity contribution in [1.29, 1.82) is 0 Å². The van der Waals surface area contributed by atoms with Crippen molar-refractivity contribution in [3.05, 3.63) is 71.8 Å². The Morgan fingerprint density at radius 1 is 1.10 bits per heavy atom. The molecule has 0 N–H and O–H groups in total. The van der Waals surface area contributed by atoms with E-state index >= 15 is 0 Å². The molecule has 0 amide bonds. The lowest BCUT2D eigenvalue weighted by Crippen LogP contribution is -2.54. The number of rotatable bonds is 5. The summed E-state index contributed by atoms with van der Waals surface area (Å²) in [5.41, 5.74) is 0. The third-order valence-electron chi connectivity index (χ3n) is 4.98. The summed E-state index contributed by atoms with van der Waals surface area (Å²) in [7, 11) is -3.57. The van der Waals surface area contributed by atoms with Crippen molar-refractivity contribution >= 4 is 27.4 Å². The lowest BCUT2D eigenvalue weighted by atomic mass is 10.2. The number of hydrogen-bond donors (Lipinski definition) is 0. The first kappa shape index (κ1) is 21.5. The molecule has 1 aromatic heterocycles. The van der Waals surface area contributed by atoms with Gasteiger partial charge in [-0.1, -0.05) is 29.8 Å². The molecule has 0 bridgehead atoms. The highest BCUT2D eigenvalue weighted by molar-refractivity contribution is 7.89. The zero-order valence-corrected chi connectivity index (χ0v) is 18.2. The number of nitrogens with zero attached hydrogens (tertiary/aromatic N) is 4. The predicted octanol–water partition coefficient (Wildman–Crippen LogP) is 3.96. The van der Waals surface area contributed by atoms with Gasteiger partial charge in [-0.2, -0.15) is 4.31 Å². The fourth-order valence-electron chi connectivity index (χ4n) is 3.45. The fraction of sp³-hybridized carbons (Fsp3) is 0.238. The lowest BCUT2D eigenvalue weighted by Gasteiger charge is -2.39. The van der Waals surface area contributed by atoms with Gasteiger partial charge in [-0.05, 0) is 31.2 Å². The maximum absolute atomic E-state index is 13.3. The van der Waals surface area contributed by atoms with Crippen LogP contribution in [0.3, 0.4) is 0 Å². The summed E-state index contributed by atoms with van der Waals surface area (Å²) < 4.78 is 46.5. The summed E-state index contributed by atoms with van der Waals surface area (Å²) in [6, 6.07) is 13.9. The van der Waals surface area contributed by atoms with Gasteiger partial charge in [0.2, 0.25) is 15.9 Å². The largest absolute Gasteiger partial charge is 0.439 e. The van der Waals surface area contributed by atoms with E-state index in [1.807, 2.05) is 11.8 Å². The Morgan fingerprint density at radius 3 is 2.58 bits per heavy atom. The topological polar surface area (TPSA) is 75.6 Å². The summed E-state index contributed by atoms with van der Waals surface area (Å²) in [5.74, 6) is 0.708. The Bertz CT molecular complexity index is 1180. The summed E-state index contributed by atoms with van der Waals surface area (Å²) >= 11 is 5.79. The molecule has 4 rings (SSSR count). The van der Waals surface area contributed by atoms with E-state index in [0.29, 0.717) is 31.2 Å². The van der Waals surface area contributed by atoms with Crippen LogP contribution in [0.5, 0.6) is 11.6 Å². The maximum atomic E-state index is 13.3. The van der Waals surface area contributed by atoms with Crippen LogP contribution in [0.1, 0.15) is 6.92 Å². The quantitative estimate of drug-likeness (QED) is 0.571. The van der Waals surface area contributed by atoms with Crippen LogP contribution in [0.15, 0.2) is 65.8 Å². The van der Waals surface area contributed by atoms with Crippen LogP contribution >= 0.6 is 11.6 Å². The van der Waals surface area contributed by atoms with Crippen molar-refractivity contribution in [2.24, 2.45) is 0 Å². The highest BCUT2D eigenvalue weighted by atomic mass is 35.5. The van der Waals surface area contributed by atoms with E-state index in [1.165, 1.54) is 28.8 Å². The number of anilines is 1. The molecule has 1 atom stereocenters. The number of piperazine rings is 1. The molecule has 0 saturated carbocycles. The van der Waals surface area contributed by atoms with Crippen LogP contribution in [0.25, 0.3) is 0 Å². The van der Waals surface area contributed by atoms with Crippen LogP contribution in [-0.2, 0) is 10.0 Å². The third-order valence-corrected chi connectivity index (χ3v) is 7.30. The van der Waals surface area contributed by atoms with Gasteiger partial charge in [0.05, 0.1) is 9.92 Å². The molecule has 3 aromatic rings. The molecule has 162 valence electrons. The van der Waals surface area contributed by atoms with Gasteiger partial charge in [-0.25, -0.2) is 22.8 Å². The van der Waals surface area contributed by atoms with E-state index in [4.69, 9.17) is 16.3 Å². The number of sulfonamides is 1. The number of hydrogen-bond acceptors (Lipinski definition) is 6. The van der Waals surface area contributed by atoms with Gasteiger partial charge in [0.25, 0.3) is 0 Å². The standard InChI is InChI=1S/C21H20ClFN4O3S/c1-15-13-26(9-10-27(15)31(28,29)17-5-3-2-4-6-17)20-12-21(25-14-24-20)30-16-7-8-19(23)18(22)11-16/h2-8,11-12,14-15H,9-10,13H2,1H3/t15-/m1/s1. The average Bonchev–Trinajstić information content (AvgIpc) is 2.77. The highest BCUT2D eigenvalue weighted by Crippen LogP contribution is 2.28. The second-order valence-electron chi connectivity index (χ2n) is 7.12. The average molecular weight is 463 g/mol. The minimum absolute atomic E-state index is 0.0450.